The summed E-state index contributed by atoms with van der Waals surface area (Å²) in [6, 6.07) is 5.14. The molecule has 0 saturated heterocycles. The molecular formula is C29H49FN4O6S. The van der Waals surface area contributed by atoms with Crippen molar-refractivity contribution in [2.45, 2.75) is 105 Å². The smallest absolute Gasteiger partial charge is 0.304 e. The second-order valence-electron chi connectivity index (χ2n) is 11.3. The number of hydrogen-bond acceptors (Lipinski definition) is 7. The molecule has 0 unspecified atom stereocenters. The first-order valence-electron chi connectivity index (χ1n) is 14.3. The second-order valence-corrected chi connectivity index (χ2v) is 12.7. The highest BCUT2D eigenvalue weighted by molar-refractivity contribution is 7.86. The van der Waals surface area contributed by atoms with E-state index in [9.17, 15) is 26.7 Å². The summed E-state index contributed by atoms with van der Waals surface area (Å²) < 4.78 is 42.3. The van der Waals surface area contributed by atoms with Crippen molar-refractivity contribution in [3.8, 4) is 0 Å². The molecule has 12 heteroatoms. The number of rotatable bonds is 18. The minimum atomic E-state index is -4.88. The van der Waals surface area contributed by atoms with Crippen LogP contribution >= 0.6 is 0 Å². The van der Waals surface area contributed by atoms with Crippen molar-refractivity contribution in [1.29, 1.82) is 0 Å². The summed E-state index contributed by atoms with van der Waals surface area (Å²) in [7, 11) is -4.88. The van der Waals surface area contributed by atoms with Crippen LogP contribution in [0.4, 0.5) is 3.89 Å². The van der Waals surface area contributed by atoms with Gasteiger partial charge in [0.05, 0.1) is 18.8 Å². The molecule has 5 N–H and O–H groups in total. The first-order valence-corrected chi connectivity index (χ1v) is 15.9. The first kappa shape index (κ1) is 36.5. The Labute approximate surface area is 244 Å². The second kappa shape index (κ2) is 17.4. The SMILES string of the molecule is CC[C@H](C)[C@H](N)C(=O)N[C@H](C(=O)N[C@H](C(=O)N[C@@H](CC(C)C)CS(=O)(=O)F)[C@@H](C)OCc1ccccc1)[C@@H](C)CC. The van der Waals surface area contributed by atoms with Gasteiger partial charge >= 0.3 is 10.2 Å². The summed E-state index contributed by atoms with van der Waals surface area (Å²) in [5, 5.41) is 8.04. The fourth-order valence-corrected chi connectivity index (χ4v) is 4.97. The number of ether oxygens (including phenoxy) is 1. The lowest BCUT2D eigenvalue weighted by Crippen LogP contribution is -2.61. The molecule has 0 spiro atoms. The van der Waals surface area contributed by atoms with Crippen LogP contribution in [0.5, 0.6) is 0 Å². The summed E-state index contributed by atoms with van der Waals surface area (Å²) in [6.07, 6.45) is 0.572. The maximum atomic E-state index is 13.6. The Morgan fingerprint density at radius 2 is 1.39 bits per heavy atom. The fourth-order valence-electron chi connectivity index (χ4n) is 4.27. The molecule has 0 radical (unpaired) electrons. The Kier molecular flexibility index (Phi) is 15.5. The largest absolute Gasteiger partial charge is 0.371 e. The number of nitrogens with one attached hydrogen (secondary N) is 3. The molecule has 3 amide bonds. The van der Waals surface area contributed by atoms with Gasteiger partial charge in [0.15, 0.2) is 0 Å². The molecule has 7 atom stereocenters. The van der Waals surface area contributed by atoms with E-state index in [0.717, 1.165) is 5.56 Å². The Morgan fingerprint density at radius 1 is 0.854 bits per heavy atom. The summed E-state index contributed by atoms with van der Waals surface area (Å²) in [5.74, 6) is -3.14. The number of carbonyl (C=O) groups is 3. The van der Waals surface area contributed by atoms with Crippen molar-refractivity contribution >= 4 is 27.9 Å². The lowest BCUT2D eigenvalue weighted by Gasteiger charge is -2.31. The number of halogens is 1. The summed E-state index contributed by atoms with van der Waals surface area (Å²) >= 11 is 0. The van der Waals surface area contributed by atoms with Gasteiger partial charge in [-0.15, -0.1) is 3.89 Å². The van der Waals surface area contributed by atoms with Gasteiger partial charge in [-0.1, -0.05) is 84.7 Å². The van der Waals surface area contributed by atoms with Crippen molar-refractivity contribution in [1.82, 2.24) is 16.0 Å². The van der Waals surface area contributed by atoms with Gasteiger partial charge in [-0.2, -0.15) is 8.42 Å². The molecule has 41 heavy (non-hydrogen) atoms. The number of carbonyl (C=O) groups excluding carboxylic acids is 3. The van der Waals surface area contributed by atoms with Gasteiger partial charge in [-0.3, -0.25) is 14.4 Å². The molecule has 1 aromatic rings. The molecule has 0 bridgehead atoms. The van der Waals surface area contributed by atoms with Crippen LogP contribution in [-0.2, 0) is 36.0 Å². The Morgan fingerprint density at radius 3 is 1.90 bits per heavy atom. The zero-order valence-corrected chi connectivity index (χ0v) is 26.2. The van der Waals surface area contributed by atoms with E-state index in [1.54, 1.807) is 13.8 Å². The Balaban J connectivity index is 3.26. The van der Waals surface area contributed by atoms with Crippen LogP contribution in [0.1, 0.15) is 73.3 Å². The van der Waals surface area contributed by atoms with Gasteiger partial charge in [0.1, 0.15) is 17.8 Å². The van der Waals surface area contributed by atoms with E-state index in [0.29, 0.717) is 12.8 Å². The van der Waals surface area contributed by atoms with Crippen molar-refractivity contribution in [2.24, 2.45) is 23.5 Å². The van der Waals surface area contributed by atoms with Gasteiger partial charge in [-0.05, 0) is 36.7 Å². The third-order valence-corrected chi connectivity index (χ3v) is 8.06. The molecule has 0 saturated carbocycles. The van der Waals surface area contributed by atoms with Crippen LogP contribution in [-0.4, -0.2) is 62.2 Å². The molecule has 10 nitrogen and oxygen atoms in total. The summed E-state index contributed by atoms with van der Waals surface area (Å²) in [5.41, 5.74) is 6.93. The maximum absolute atomic E-state index is 13.6. The van der Waals surface area contributed by atoms with E-state index >= 15 is 0 Å². The van der Waals surface area contributed by atoms with Crippen molar-refractivity contribution in [2.75, 3.05) is 5.75 Å². The fraction of sp³-hybridized carbons (Fsp3) is 0.690. The lowest BCUT2D eigenvalue weighted by atomic mass is 9.95. The highest BCUT2D eigenvalue weighted by Gasteiger charge is 2.35. The molecule has 1 aromatic carbocycles. The van der Waals surface area contributed by atoms with Crippen molar-refractivity contribution in [3.63, 3.8) is 0 Å². The van der Waals surface area contributed by atoms with E-state index in [-0.39, 0.29) is 30.8 Å². The molecule has 1 rings (SSSR count). The number of nitrogens with two attached hydrogens (primary N) is 1. The first-order chi connectivity index (χ1) is 19.1. The van der Waals surface area contributed by atoms with Gasteiger partial charge < -0.3 is 26.4 Å². The quantitative estimate of drug-likeness (QED) is 0.189. The standard InChI is InChI=1S/C29H49FN4O6S/c1-8-19(5)24(31)27(35)33-25(20(6)9-2)28(36)34-26(21(7)40-16-22-13-11-10-12-14-22)29(37)32-23(15-18(3)4)17-41(30,38)39/h10-14,18-21,23-26H,8-9,15-17,31H2,1-7H3,(H,32,37)(H,33,35)(H,34,36)/t19-,20-,21+,23-,24-,25-,26-/m0/s1. The zero-order valence-electron chi connectivity index (χ0n) is 25.4. The van der Waals surface area contributed by atoms with E-state index in [2.05, 4.69) is 16.0 Å². The minimum absolute atomic E-state index is 0.0402. The predicted octanol–water partition coefficient (Wildman–Crippen LogP) is 2.81. The molecule has 0 heterocycles. The molecule has 0 aliphatic carbocycles. The molecule has 0 aromatic heterocycles. The van der Waals surface area contributed by atoms with Crippen LogP contribution < -0.4 is 21.7 Å². The van der Waals surface area contributed by atoms with E-state index < -0.39 is 64.0 Å². The molecule has 0 aliphatic rings. The number of hydrogen-bond donors (Lipinski definition) is 4. The highest BCUT2D eigenvalue weighted by Crippen LogP contribution is 2.14. The molecular weight excluding hydrogens is 551 g/mol. The average molecular weight is 601 g/mol. The maximum Gasteiger partial charge on any atom is 0.304 e. The normalized spacial score (nSPS) is 17.0. The van der Waals surface area contributed by atoms with E-state index in [1.807, 2.05) is 65.0 Å². The van der Waals surface area contributed by atoms with Crippen LogP contribution in [0, 0.1) is 17.8 Å². The van der Waals surface area contributed by atoms with E-state index in [1.165, 1.54) is 0 Å². The molecule has 234 valence electrons. The van der Waals surface area contributed by atoms with Gasteiger partial charge in [-0.25, -0.2) is 0 Å². The van der Waals surface area contributed by atoms with Crippen LogP contribution in [0.25, 0.3) is 0 Å². The summed E-state index contributed by atoms with van der Waals surface area (Å²) in [6.45, 7) is 12.8. The highest BCUT2D eigenvalue weighted by atomic mass is 32.3. The Hall–Kier alpha value is -2.57. The van der Waals surface area contributed by atoms with Crippen molar-refractivity contribution in [3.05, 3.63) is 35.9 Å². The van der Waals surface area contributed by atoms with Crippen LogP contribution in [0.15, 0.2) is 30.3 Å². The average Bonchev–Trinajstić information content (AvgIpc) is 2.90. The lowest BCUT2D eigenvalue weighted by molar-refractivity contribution is -0.136. The van der Waals surface area contributed by atoms with Crippen LogP contribution in [0.2, 0.25) is 0 Å². The minimum Gasteiger partial charge on any atom is -0.371 e. The third-order valence-electron chi connectivity index (χ3n) is 7.26. The van der Waals surface area contributed by atoms with Crippen LogP contribution in [0.3, 0.4) is 0 Å². The van der Waals surface area contributed by atoms with Crippen molar-refractivity contribution < 1.29 is 31.4 Å². The number of amides is 3. The third kappa shape index (κ3) is 13.3. The number of benzene rings is 1. The van der Waals surface area contributed by atoms with Gasteiger partial charge in [0.2, 0.25) is 17.7 Å². The summed E-state index contributed by atoms with van der Waals surface area (Å²) in [4.78, 5) is 39.9. The zero-order chi connectivity index (χ0) is 31.3. The van der Waals surface area contributed by atoms with Gasteiger partial charge in [0.25, 0.3) is 0 Å². The van der Waals surface area contributed by atoms with E-state index in [4.69, 9.17) is 10.5 Å². The molecule has 0 aliphatic heterocycles. The Bertz CT molecular complexity index is 1070. The van der Waals surface area contributed by atoms with Gasteiger partial charge in [0, 0.05) is 6.04 Å². The topological polar surface area (TPSA) is 157 Å². The predicted molar refractivity (Wildman–Crippen MR) is 158 cm³/mol. The monoisotopic (exact) mass is 600 g/mol. The molecule has 0 fully saturated rings.